The lowest BCUT2D eigenvalue weighted by molar-refractivity contribution is 0.0968. The molecule has 1 fully saturated rings. The van der Waals surface area contributed by atoms with Gasteiger partial charge in [0.05, 0.1) is 0 Å². The van der Waals surface area contributed by atoms with Crippen molar-refractivity contribution in [2.75, 3.05) is 19.6 Å². The molecule has 1 aromatic rings. The average Bonchev–Trinajstić information content (AvgIpc) is 2.51. The van der Waals surface area contributed by atoms with Crippen LogP contribution in [0.1, 0.15) is 50.7 Å². The minimum atomic E-state index is 0.674. The van der Waals surface area contributed by atoms with Crippen LogP contribution in [-0.2, 0) is 6.42 Å². The highest BCUT2D eigenvalue weighted by Gasteiger charge is 2.33. The van der Waals surface area contributed by atoms with E-state index in [-0.39, 0.29) is 0 Å². The maximum atomic E-state index is 3.79. The van der Waals surface area contributed by atoms with E-state index in [9.17, 15) is 0 Å². The minimum Gasteiger partial charge on any atom is -0.311 e. The van der Waals surface area contributed by atoms with Crippen molar-refractivity contribution in [3.05, 3.63) is 35.4 Å². The molecule has 0 aromatic heterocycles. The van der Waals surface area contributed by atoms with Crippen LogP contribution in [0.3, 0.4) is 0 Å². The third kappa shape index (κ3) is 3.02. The fourth-order valence-corrected chi connectivity index (χ4v) is 3.98. The number of hydrogen-bond donors (Lipinski definition) is 1. The first-order valence-corrected chi connectivity index (χ1v) is 8.78. The molecule has 116 valence electrons. The first-order valence-electron chi connectivity index (χ1n) is 8.78. The molecule has 1 heterocycles. The van der Waals surface area contributed by atoms with E-state index in [0.717, 1.165) is 17.9 Å². The highest BCUT2D eigenvalue weighted by molar-refractivity contribution is 5.40. The van der Waals surface area contributed by atoms with Gasteiger partial charge >= 0.3 is 0 Å². The summed E-state index contributed by atoms with van der Waals surface area (Å²) >= 11 is 0. The second-order valence-electron chi connectivity index (χ2n) is 7.02. The fraction of sp³-hybridized carbons (Fsp3) is 0.684. The molecular formula is C19H30N2. The van der Waals surface area contributed by atoms with Crippen LogP contribution < -0.4 is 5.32 Å². The smallest absolute Gasteiger partial charge is 0.0221 e. The summed E-state index contributed by atoms with van der Waals surface area (Å²) in [5, 5.41) is 3.79. The van der Waals surface area contributed by atoms with Gasteiger partial charge in [0.2, 0.25) is 0 Å². The van der Waals surface area contributed by atoms with Crippen LogP contribution in [0.5, 0.6) is 0 Å². The number of benzene rings is 1. The third-order valence-electron chi connectivity index (χ3n) is 5.78. The molecule has 2 aliphatic rings. The standard InChI is InChI=1S/C19H30N2/c1-4-14(3)19-13-21(17(5-2)11-20-19)12-16-10-15-8-6-7-9-18(15)16/h6-9,14,16-17,19-20H,4-5,10-13H2,1-3H3. The molecular weight excluding hydrogens is 256 g/mol. The van der Waals surface area contributed by atoms with Crippen molar-refractivity contribution in [2.45, 2.75) is 58.0 Å². The Hall–Kier alpha value is -0.860. The molecule has 4 atom stereocenters. The summed E-state index contributed by atoms with van der Waals surface area (Å²) in [6.07, 6.45) is 3.81. The van der Waals surface area contributed by atoms with E-state index in [1.807, 2.05) is 0 Å². The molecule has 1 N–H and O–H groups in total. The second-order valence-corrected chi connectivity index (χ2v) is 7.02. The summed E-state index contributed by atoms with van der Waals surface area (Å²) in [7, 11) is 0. The van der Waals surface area contributed by atoms with Crippen molar-refractivity contribution in [2.24, 2.45) is 5.92 Å². The van der Waals surface area contributed by atoms with Crippen molar-refractivity contribution >= 4 is 0 Å². The van der Waals surface area contributed by atoms with Gasteiger partial charge in [0.25, 0.3) is 0 Å². The van der Waals surface area contributed by atoms with Gasteiger partial charge in [-0.2, -0.15) is 0 Å². The highest BCUT2D eigenvalue weighted by Crippen LogP contribution is 2.36. The Labute approximate surface area is 129 Å². The predicted molar refractivity (Wildman–Crippen MR) is 89.8 cm³/mol. The Morgan fingerprint density at radius 2 is 2.10 bits per heavy atom. The zero-order valence-corrected chi connectivity index (χ0v) is 13.8. The Kier molecular flexibility index (Phi) is 4.66. The van der Waals surface area contributed by atoms with Crippen molar-refractivity contribution in [3.8, 4) is 0 Å². The number of rotatable bonds is 5. The van der Waals surface area contributed by atoms with E-state index in [2.05, 4.69) is 55.3 Å². The van der Waals surface area contributed by atoms with E-state index < -0.39 is 0 Å². The van der Waals surface area contributed by atoms with Gasteiger partial charge in [0, 0.05) is 37.6 Å². The van der Waals surface area contributed by atoms with Crippen LogP contribution in [0.4, 0.5) is 0 Å². The predicted octanol–water partition coefficient (Wildman–Crippen LogP) is 3.42. The number of nitrogens with one attached hydrogen (secondary N) is 1. The lowest BCUT2D eigenvalue weighted by Gasteiger charge is -2.45. The molecule has 0 spiro atoms. The Balaban J connectivity index is 1.65. The molecule has 0 radical (unpaired) electrons. The number of fused-ring (bicyclic) bond motifs is 1. The van der Waals surface area contributed by atoms with Gasteiger partial charge in [-0.3, -0.25) is 4.90 Å². The molecule has 2 nitrogen and oxygen atoms in total. The molecule has 0 saturated carbocycles. The van der Waals surface area contributed by atoms with Gasteiger partial charge in [-0.05, 0) is 29.9 Å². The normalized spacial score (nSPS) is 30.5. The molecule has 1 aromatic carbocycles. The first kappa shape index (κ1) is 15.1. The van der Waals surface area contributed by atoms with Crippen LogP contribution in [0.15, 0.2) is 24.3 Å². The van der Waals surface area contributed by atoms with E-state index in [4.69, 9.17) is 0 Å². The van der Waals surface area contributed by atoms with Gasteiger partial charge in [-0.25, -0.2) is 0 Å². The zero-order valence-electron chi connectivity index (χ0n) is 13.8. The highest BCUT2D eigenvalue weighted by atomic mass is 15.2. The van der Waals surface area contributed by atoms with Crippen LogP contribution >= 0.6 is 0 Å². The van der Waals surface area contributed by atoms with Crippen molar-refractivity contribution in [1.82, 2.24) is 10.2 Å². The molecule has 0 bridgehead atoms. The molecule has 1 aliphatic carbocycles. The van der Waals surface area contributed by atoms with Gasteiger partial charge in [0.15, 0.2) is 0 Å². The molecule has 3 rings (SSSR count). The Bertz CT molecular complexity index is 470. The molecule has 2 heteroatoms. The average molecular weight is 286 g/mol. The van der Waals surface area contributed by atoms with Crippen LogP contribution in [0, 0.1) is 5.92 Å². The summed E-state index contributed by atoms with van der Waals surface area (Å²) in [4.78, 5) is 2.77. The van der Waals surface area contributed by atoms with E-state index >= 15 is 0 Å². The SMILES string of the molecule is CCC(C)C1CN(CC2Cc3ccccc32)C(CC)CN1. The number of piperazine rings is 1. The summed E-state index contributed by atoms with van der Waals surface area (Å²) in [5.41, 5.74) is 3.18. The zero-order chi connectivity index (χ0) is 14.8. The molecule has 21 heavy (non-hydrogen) atoms. The molecule has 4 unspecified atom stereocenters. The van der Waals surface area contributed by atoms with E-state index in [0.29, 0.717) is 6.04 Å². The Morgan fingerprint density at radius 3 is 2.81 bits per heavy atom. The first-order chi connectivity index (χ1) is 10.2. The van der Waals surface area contributed by atoms with Gasteiger partial charge in [0.1, 0.15) is 0 Å². The summed E-state index contributed by atoms with van der Waals surface area (Å²) in [6.45, 7) is 10.7. The van der Waals surface area contributed by atoms with Crippen molar-refractivity contribution < 1.29 is 0 Å². The maximum absolute atomic E-state index is 3.79. The maximum Gasteiger partial charge on any atom is 0.0221 e. The van der Waals surface area contributed by atoms with Crippen LogP contribution in [0.2, 0.25) is 0 Å². The largest absolute Gasteiger partial charge is 0.311 e. The number of hydrogen-bond acceptors (Lipinski definition) is 2. The van der Waals surface area contributed by atoms with Gasteiger partial charge in [-0.15, -0.1) is 0 Å². The lowest BCUT2D eigenvalue weighted by Crippen LogP contribution is -2.59. The lowest BCUT2D eigenvalue weighted by atomic mass is 9.77. The van der Waals surface area contributed by atoms with Crippen LogP contribution in [-0.4, -0.2) is 36.6 Å². The van der Waals surface area contributed by atoms with Crippen molar-refractivity contribution in [3.63, 3.8) is 0 Å². The monoisotopic (exact) mass is 286 g/mol. The molecule has 1 saturated heterocycles. The topological polar surface area (TPSA) is 15.3 Å². The fourth-order valence-electron chi connectivity index (χ4n) is 3.98. The Morgan fingerprint density at radius 1 is 1.29 bits per heavy atom. The second kappa shape index (κ2) is 6.50. The summed E-state index contributed by atoms with van der Waals surface area (Å²) < 4.78 is 0. The van der Waals surface area contributed by atoms with Gasteiger partial charge in [-0.1, -0.05) is 51.5 Å². The van der Waals surface area contributed by atoms with E-state index in [1.165, 1.54) is 38.9 Å². The van der Waals surface area contributed by atoms with Gasteiger partial charge < -0.3 is 5.32 Å². The molecule has 1 aliphatic heterocycles. The quantitative estimate of drug-likeness (QED) is 0.892. The van der Waals surface area contributed by atoms with E-state index in [1.54, 1.807) is 11.1 Å². The summed E-state index contributed by atoms with van der Waals surface area (Å²) in [5.74, 6) is 1.55. The summed E-state index contributed by atoms with van der Waals surface area (Å²) in [6, 6.07) is 10.4. The van der Waals surface area contributed by atoms with Crippen LogP contribution in [0.25, 0.3) is 0 Å². The number of nitrogens with zero attached hydrogens (tertiary/aromatic N) is 1. The van der Waals surface area contributed by atoms with Crippen molar-refractivity contribution in [1.29, 1.82) is 0 Å². The third-order valence-corrected chi connectivity index (χ3v) is 5.78. The molecule has 0 amide bonds. The minimum absolute atomic E-state index is 0.674.